The Balaban J connectivity index is 0.000000240. The van der Waals surface area contributed by atoms with Crippen molar-refractivity contribution in [3.05, 3.63) is 206 Å². The molecule has 0 atom stereocenters. The molecule has 10 rings (SSSR count). The smallest absolute Gasteiger partial charge is 0.0774 e. The van der Waals surface area contributed by atoms with Crippen LogP contribution < -0.4 is 0 Å². The molecule has 4 aromatic heterocycles. The van der Waals surface area contributed by atoms with Gasteiger partial charge in [-0.3, -0.25) is 4.98 Å². The summed E-state index contributed by atoms with van der Waals surface area (Å²) in [5.74, 6) is 0.790. The van der Waals surface area contributed by atoms with Gasteiger partial charge >= 0.3 is 0 Å². The maximum atomic E-state index is 7.23. The molecule has 5 nitrogen and oxygen atoms in total. The Morgan fingerprint density at radius 1 is 0.679 bits per heavy atom. The second kappa shape index (κ2) is 16.0. The molecule has 6 heteroatoms. The molecule has 0 fully saturated rings. The van der Waals surface area contributed by atoms with E-state index in [4.69, 9.17) is 13.5 Å². The molecule has 0 amide bonds. The van der Waals surface area contributed by atoms with Gasteiger partial charge in [0.05, 0.1) is 22.5 Å². The molecule has 0 aliphatic rings. The number of hydrogen-bond acceptors (Lipinski definition) is 3. The van der Waals surface area contributed by atoms with Crippen molar-refractivity contribution in [3.63, 3.8) is 0 Å². The minimum atomic E-state index is -2.09. The summed E-state index contributed by atoms with van der Waals surface area (Å²) in [6, 6.07) is 58.1. The first-order chi connectivity index (χ1) is 28.3. The Morgan fingerprint density at radius 3 is 2.04 bits per heavy atom. The van der Waals surface area contributed by atoms with Gasteiger partial charge in [0.2, 0.25) is 0 Å². The van der Waals surface area contributed by atoms with Crippen molar-refractivity contribution in [1.29, 1.82) is 0 Å². The fourth-order valence-corrected chi connectivity index (χ4v) is 7.02. The molecule has 0 aliphatic carbocycles. The zero-order chi connectivity index (χ0) is 39.6. The third-order valence-electron chi connectivity index (χ3n) is 9.58. The van der Waals surface area contributed by atoms with Gasteiger partial charge in [-0.05, 0) is 84.2 Å². The average molecular weight is 904 g/mol. The van der Waals surface area contributed by atoms with Crippen molar-refractivity contribution in [2.75, 3.05) is 0 Å². The summed E-state index contributed by atoms with van der Waals surface area (Å²) in [5, 5.41) is 0.965. The van der Waals surface area contributed by atoms with Crippen LogP contribution >= 0.6 is 0 Å². The quantitative estimate of drug-likeness (QED) is 0.156. The van der Waals surface area contributed by atoms with Crippen LogP contribution in [0.4, 0.5) is 0 Å². The molecule has 0 N–H and O–H groups in total. The topological polar surface area (TPSA) is 48.8 Å². The van der Waals surface area contributed by atoms with E-state index in [1.165, 1.54) is 11.8 Å². The van der Waals surface area contributed by atoms with Crippen LogP contribution in [0.1, 0.15) is 15.2 Å². The summed E-state index contributed by atoms with van der Waals surface area (Å²) in [7, 11) is 0. The van der Waals surface area contributed by atoms with Crippen molar-refractivity contribution < 1.29 is 28.6 Å². The molecule has 0 unspecified atom stereocenters. The summed E-state index contributed by atoms with van der Waals surface area (Å²) >= 11 is 0. The van der Waals surface area contributed by atoms with Crippen LogP contribution in [0.3, 0.4) is 0 Å². The molecule has 1 radical (unpaired) electrons. The van der Waals surface area contributed by atoms with E-state index in [1.807, 2.05) is 54.9 Å². The van der Waals surface area contributed by atoms with Gasteiger partial charge in [-0.2, -0.15) is 0 Å². The largest absolute Gasteiger partial charge is 0.557 e. The Hall–Kier alpha value is -6.59. The summed E-state index contributed by atoms with van der Waals surface area (Å²) in [4.78, 5) is 9.36. The monoisotopic (exact) mass is 904 g/mol. The van der Waals surface area contributed by atoms with Crippen LogP contribution in [0.15, 0.2) is 187 Å². The summed E-state index contributed by atoms with van der Waals surface area (Å²) in [5.41, 5.74) is 13.3. The fourth-order valence-electron chi connectivity index (χ4n) is 7.02. The standard InChI is InChI=1S/C38H26N3O.C12H10N.Ir/c1-26-22-30(27-12-4-2-5-13-27)37(31(23-26)28-14-6-3-7-15-28)41-35-17-9-8-16-34(35)39-38(41)33-25-42-36-19-18-29(24-32(33)36)40-20-10-11-21-40;1-10-7-8-12(13-9-10)11-5-3-2-4-6-11;/h2-24H,1H3;2-5,7-9H,1H3;/q2*-1;/i;1D3;. The van der Waals surface area contributed by atoms with Gasteiger partial charge in [0.25, 0.3) is 0 Å². The van der Waals surface area contributed by atoms with E-state index >= 15 is 0 Å². The van der Waals surface area contributed by atoms with E-state index in [0.717, 1.165) is 78.3 Å². The molecule has 0 saturated heterocycles. The van der Waals surface area contributed by atoms with Crippen molar-refractivity contribution in [2.24, 2.45) is 0 Å². The average Bonchev–Trinajstić information content (AvgIpc) is 4.04. The molecule has 0 bridgehead atoms. The maximum Gasteiger partial charge on any atom is 0.0774 e. The molecular formula is C50H36IrN4O-2. The van der Waals surface area contributed by atoms with Gasteiger partial charge in [-0.1, -0.05) is 108 Å². The first-order valence-corrected chi connectivity index (χ1v) is 18.1. The molecule has 273 valence electrons. The zero-order valence-electron chi connectivity index (χ0n) is 33.4. The first kappa shape index (κ1) is 32.8. The van der Waals surface area contributed by atoms with E-state index in [2.05, 4.69) is 136 Å². The van der Waals surface area contributed by atoms with E-state index in [0.29, 0.717) is 0 Å². The van der Waals surface area contributed by atoms with Crippen LogP contribution in [0, 0.1) is 26.1 Å². The van der Waals surface area contributed by atoms with Crippen molar-refractivity contribution in [1.82, 2.24) is 19.1 Å². The number of furan rings is 1. The minimum absolute atomic E-state index is 0. The minimum Gasteiger partial charge on any atom is -0.557 e. The molecule has 0 aliphatic heterocycles. The number of nitrogens with zero attached hydrogens (tertiary/aromatic N) is 4. The first-order valence-electron chi connectivity index (χ1n) is 19.6. The van der Waals surface area contributed by atoms with Gasteiger partial charge in [-0.25, -0.2) is 0 Å². The molecular weight excluding hydrogens is 865 g/mol. The number of aromatic nitrogens is 4. The third-order valence-corrected chi connectivity index (χ3v) is 9.58. The molecule has 56 heavy (non-hydrogen) atoms. The zero-order valence-corrected chi connectivity index (χ0v) is 32.7. The number of imidazole rings is 1. The molecule has 10 aromatic rings. The van der Waals surface area contributed by atoms with Gasteiger partial charge in [0.1, 0.15) is 0 Å². The third kappa shape index (κ3) is 7.16. The second-order valence-corrected chi connectivity index (χ2v) is 13.3. The van der Waals surface area contributed by atoms with E-state index in [1.54, 1.807) is 18.2 Å². The van der Waals surface area contributed by atoms with Gasteiger partial charge in [0, 0.05) is 71.5 Å². The molecule has 0 spiro atoms. The van der Waals surface area contributed by atoms with Gasteiger partial charge in [-0.15, -0.1) is 35.9 Å². The van der Waals surface area contributed by atoms with Crippen LogP contribution in [0.2, 0.25) is 0 Å². The van der Waals surface area contributed by atoms with E-state index < -0.39 is 6.85 Å². The molecule has 6 aromatic carbocycles. The Kier molecular flexibility index (Phi) is 9.39. The second-order valence-electron chi connectivity index (χ2n) is 13.3. The van der Waals surface area contributed by atoms with Crippen LogP contribution in [0.25, 0.3) is 78.3 Å². The van der Waals surface area contributed by atoms with Crippen LogP contribution in [0.5, 0.6) is 0 Å². The Morgan fingerprint density at radius 2 is 1.38 bits per heavy atom. The summed E-state index contributed by atoms with van der Waals surface area (Å²) in [6.45, 7) is 0.0711. The summed E-state index contributed by atoms with van der Waals surface area (Å²) < 4.78 is 32.1. The Bertz CT molecular complexity index is 2920. The Labute approximate surface area is 344 Å². The van der Waals surface area contributed by atoms with Gasteiger partial charge < -0.3 is 18.5 Å². The van der Waals surface area contributed by atoms with Gasteiger partial charge in [0.15, 0.2) is 0 Å². The van der Waals surface area contributed by atoms with Crippen molar-refractivity contribution >= 4 is 22.0 Å². The number of fused-ring (bicyclic) bond motifs is 2. The molecule has 4 heterocycles. The predicted molar refractivity (Wildman–Crippen MR) is 223 cm³/mol. The molecule has 0 saturated carbocycles. The SMILES string of the molecule is Cc1cc(-c2ccccc2)c(-n2c(-c3[c-]oc4ccc(-n5cccc5)cc34)nc3ccccc32)c(-c2ccccc2)c1.[2H]C([2H])([2H])c1ccc(-c2[c-]cccc2)nc1.[Ir]. The number of rotatable bonds is 6. The number of benzene rings is 6. The van der Waals surface area contributed by atoms with Crippen molar-refractivity contribution in [2.45, 2.75) is 13.8 Å². The summed E-state index contributed by atoms with van der Waals surface area (Å²) in [6.07, 6.45) is 8.72. The number of para-hydroxylation sites is 2. The van der Waals surface area contributed by atoms with Crippen molar-refractivity contribution in [3.8, 4) is 56.3 Å². The van der Waals surface area contributed by atoms with Crippen LogP contribution in [-0.4, -0.2) is 19.1 Å². The fraction of sp³-hybridized carbons (Fsp3) is 0.0400. The number of pyridine rings is 1. The number of hydrogen-bond donors (Lipinski definition) is 0. The predicted octanol–water partition coefficient (Wildman–Crippen LogP) is 12.5. The van der Waals surface area contributed by atoms with E-state index in [-0.39, 0.29) is 25.7 Å². The normalized spacial score (nSPS) is 11.9. The van der Waals surface area contributed by atoms with Crippen LogP contribution in [-0.2, 0) is 20.1 Å². The van der Waals surface area contributed by atoms with E-state index in [9.17, 15) is 0 Å². The maximum absolute atomic E-state index is 7.23. The number of aryl methyl sites for hydroxylation is 2.